The summed E-state index contributed by atoms with van der Waals surface area (Å²) in [6, 6.07) is 3.21. The van der Waals surface area contributed by atoms with Crippen LogP contribution in [0.2, 0.25) is 0 Å². The van der Waals surface area contributed by atoms with Crippen molar-refractivity contribution in [2.45, 2.75) is 18.9 Å². The Kier molecular flexibility index (Phi) is 3.28. The van der Waals surface area contributed by atoms with E-state index in [4.69, 9.17) is 5.73 Å². The van der Waals surface area contributed by atoms with Gasteiger partial charge in [-0.2, -0.15) is 0 Å². The monoisotopic (exact) mass is 235 g/mol. The van der Waals surface area contributed by atoms with Crippen molar-refractivity contribution < 1.29 is 4.79 Å². The van der Waals surface area contributed by atoms with Gasteiger partial charge < -0.3 is 15.6 Å². The molecule has 92 valence electrons. The Balaban J connectivity index is 1.99. The summed E-state index contributed by atoms with van der Waals surface area (Å²) in [4.78, 5) is 23.5. The lowest BCUT2D eigenvalue weighted by atomic mass is 10.2. The van der Waals surface area contributed by atoms with Gasteiger partial charge in [-0.25, -0.2) is 0 Å². The van der Waals surface area contributed by atoms with Crippen molar-refractivity contribution in [2.75, 3.05) is 6.54 Å². The number of pyridine rings is 1. The lowest BCUT2D eigenvalue weighted by molar-refractivity contribution is 0.0948. The number of carbonyl (C=O) groups is 1. The van der Waals surface area contributed by atoms with Crippen LogP contribution in [0, 0.1) is 5.92 Å². The summed E-state index contributed by atoms with van der Waals surface area (Å²) in [5.41, 5.74) is 5.75. The maximum absolute atomic E-state index is 11.8. The predicted octanol–water partition coefficient (Wildman–Crippen LogP) is -0.148. The van der Waals surface area contributed by atoms with Gasteiger partial charge in [0, 0.05) is 25.8 Å². The summed E-state index contributed by atoms with van der Waals surface area (Å²) in [6.07, 6.45) is 3.91. The second-order valence-electron chi connectivity index (χ2n) is 4.55. The van der Waals surface area contributed by atoms with Crippen molar-refractivity contribution >= 4 is 5.91 Å². The largest absolute Gasteiger partial charge is 0.350 e. The van der Waals surface area contributed by atoms with E-state index in [9.17, 15) is 9.59 Å². The average Bonchev–Trinajstić information content (AvgIpc) is 3.13. The molecule has 1 aliphatic rings. The molecule has 1 aliphatic carbocycles. The van der Waals surface area contributed by atoms with Gasteiger partial charge in [-0.1, -0.05) is 0 Å². The number of hydrogen-bond donors (Lipinski definition) is 2. The van der Waals surface area contributed by atoms with Gasteiger partial charge >= 0.3 is 0 Å². The van der Waals surface area contributed by atoms with Crippen LogP contribution in [0.15, 0.2) is 23.1 Å². The van der Waals surface area contributed by atoms with E-state index < -0.39 is 0 Å². The lowest BCUT2D eigenvalue weighted by Crippen LogP contribution is -2.40. The van der Waals surface area contributed by atoms with Gasteiger partial charge in [-0.15, -0.1) is 0 Å². The first-order valence-corrected chi connectivity index (χ1v) is 5.79. The smallest absolute Gasteiger partial charge is 0.263 e. The number of rotatable bonds is 4. The molecule has 1 atom stereocenters. The standard InChI is InChI=1S/C12H17N3O2/c1-15-6-2-3-9(12(15)17)11(16)14-7-10(13)8-4-5-8/h2-3,6,8,10H,4-5,7,13H2,1H3,(H,14,16). The fourth-order valence-electron chi connectivity index (χ4n) is 1.77. The number of nitrogens with zero attached hydrogens (tertiary/aromatic N) is 1. The quantitative estimate of drug-likeness (QED) is 0.762. The Morgan fingerprint density at radius 1 is 1.65 bits per heavy atom. The lowest BCUT2D eigenvalue weighted by Gasteiger charge is -2.11. The van der Waals surface area contributed by atoms with Crippen molar-refractivity contribution in [3.8, 4) is 0 Å². The molecule has 1 amide bonds. The van der Waals surface area contributed by atoms with Crippen molar-refractivity contribution in [1.82, 2.24) is 9.88 Å². The van der Waals surface area contributed by atoms with Gasteiger partial charge in [0.1, 0.15) is 5.56 Å². The third kappa shape index (κ3) is 2.74. The Morgan fingerprint density at radius 2 is 2.35 bits per heavy atom. The number of aromatic nitrogens is 1. The van der Waals surface area contributed by atoms with Gasteiger partial charge in [-0.05, 0) is 30.9 Å². The molecule has 1 aromatic heterocycles. The molecule has 5 heteroatoms. The topological polar surface area (TPSA) is 77.1 Å². The zero-order valence-corrected chi connectivity index (χ0v) is 9.85. The molecule has 3 N–H and O–H groups in total. The molecule has 1 fully saturated rings. The highest BCUT2D eigenvalue weighted by molar-refractivity contribution is 5.93. The summed E-state index contributed by atoms with van der Waals surface area (Å²) in [7, 11) is 1.62. The van der Waals surface area contributed by atoms with Crippen molar-refractivity contribution in [3.63, 3.8) is 0 Å². The van der Waals surface area contributed by atoms with Crippen LogP contribution >= 0.6 is 0 Å². The molecule has 1 unspecified atom stereocenters. The van der Waals surface area contributed by atoms with Crippen LogP contribution in [0.4, 0.5) is 0 Å². The number of amides is 1. The van der Waals surface area contributed by atoms with E-state index in [1.807, 2.05) is 0 Å². The SMILES string of the molecule is Cn1cccc(C(=O)NCC(N)C2CC2)c1=O. The van der Waals surface area contributed by atoms with Gasteiger partial charge in [0.25, 0.3) is 11.5 Å². The molecule has 0 bridgehead atoms. The van der Waals surface area contributed by atoms with E-state index >= 15 is 0 Å². The Morgan fingerprint density at radius 3 is 3.00 bits per heavy atom. The van der Waals surface area contributed by atoms with Crippen LogP contribution in [-0.4, -0.2) is 23.1 Å². The van der Waals surface area contributed by atoms with Crippen molar-refractivity contribution in [1.29, 1.82) is 0 Å². The molecule has 1 aromatic rings. The zero-order chi connectivity index (χ0) is 12.4. The first-order valence-electron chi connectivity index (χ1n) is 5.79. The van der Waals surface area contributed by atoms with Crippen LogP contribution in [0.1, 0.15) is 23.2 Å². The molecule has 1 heterocycles. The molecule has 0 spiro atoms. The van der Waals surface area contributed by atoms with Crippen molar-refractivity contribution in [3.05, 3.63) is 34.2 Å². The number of hydrogen-bond acceptors (Lipinski definition) is 3. The maximum atomic E-state index is 11.8. The van der Waals surface area contributed by atoms with Crippen LogP contribution in [0.5, 0.6) is 0 Å². The van der Waals surface area contributed by atoms with Gasteiger partial charge in [-0.3, -0.25) is 9.59 Å². The fourth-order valence-corrected chi connectivity index (χ4v) is 1.77. The molecule has 17 heavy (non-hydrogen) atoms. The number of carbonyl (C=O) groups excluding carboxylic acids is 1. The van der Waals surface area contributed by atoms with E-state index in [0.29, 0.717) is 12.5 Å². The molecule has 0 aromatic carbocycles. The van der Waals surface area contributed by atoms with Gasteiger partial charge in [0.15, 0.2) is 0 Å². The fraction of sp³-hybridized carbons (Fsp3) is 0.500. The number of aryl methyl sites for hydroxylation is 1. The Bertz CT molecular complexity index is 477. The van der Waals surface area contributed by atoms with Crippen LogP contribution < -0.4 is 16.6 Å². The first-order chi connectivity index (χ1) is 8.09. The minimum Gasteiger partial charge on any atom is -0.350 e. The minimum atomic E-state index is -0.345. The molecule has 0 saturated heterocycles. The maximum Gasteiger partial charge on any atom is 0.263 e. The first kappa shape index (κ1) is 11.9. The van der Waals surface area contributed by atoms with E-state index in [0.717, 1.165) is 12.8 Å². The highest BCUT2D eigenvalue weighted by atomic mass is 16.2. The second-order valence-corrected chi connectivity index (χ2v) is 4.55. The Labute approximate surface area is 99.6 Å². The summed E-state index contributed by atoms with van der Waals surface area (Å²) < 4.78 is 1.38. The molecule has 0 radical (unpaired) electrons. The van der Waals surface area contributed by atoms with Crippen molar-refractivity contribution in [2.24, 2.45) is 18.7 Å². The third-order valence-electron chi connectivity index (χ3n) is 3.09. The van der Waals surface area contributed by atoms with Gasteiger partial charge in [0.05, 0.1) is 0 Å². The highest BCUT2D eigenvalue weighted by Gasteiger charge is 2.28. The second kappa shape index (κ2) is 4.71. The number of nitrogens with two attached hydrogens (primary N) is 1. The van der Waals surface area contributed by atoms with E-state index in [-0.39, 0.29) is 23.1 Å². The molecule has 5 nitrogen and oxygen atoms in total. The summed E-state index contributed by atoms with van der Waals surface area (Å²) in [5, 5.41) is 2.71. The van der Waals surface area contributed by atoms with E-state index in [2.05, 4.69) is 5.32 Å². The summed E-state index contributed by atoms with van der Waals surface area (Å²) in [5.74, 6) is 0.191. The predicted molar refractivity (Wildman–Crippen MR) is 64.7 cm³/mol. The van der Waals surface area contributed by atoms with Crippen LogP contribution in [0.3, 0.4) is 0 Å². The zero-order valence-electron chi connectivity index (χ0n) is 9.85. The summed E-state index contributed by atoms with van der Waals surface area (Å²) >= 11 is 0. The normalized spacial score (nSPS) is 16.6. The molecule has 2 rings (SSSR count). The highest BCUT2D eigenvalue weighted by Crippen LogP contribution is 2.31. The molecule has 1 saturated carbocycles. The number of nitrogens with one attached hydrogen (secondary N) is 1. The third-order valence-corrected chi connectivity index (χ3v) is 3.09. The Hall–Kier alpha value is -1.62. The van der Waals surface area contributed by atoms with E-state index in [1.165, 1.54) is 10.6 Å². The summed E-state index contributed by atoms with van der Waals surface area (Å²) in [6.45, 7) is 0.432. The molecule has 0 aliphatic heterocycles. The molecular weight excluding hydrogens is 218 g/mol. The van der Waals surface area contributed by atoms with Gasteiger partial charge in [0.2, 0.25) is 0 Å². The van der Waals surface area contributed by atoms with Crippen LogP contribution in [-0.2, 0) is 7.05 Å². The van der Waals surface area contributed by atoms with E-state index in [1.54, 1.807) is 19.3 Å². The average molecular weight is 235 g/mol. The van der Waals surface area contributed by atoms with Crippen LogP contribution in [0.25, 0.3) is 0 Å². The molecular formula is C12H17N3O2. The minimum absolute atomic E-state index is 0.00603.